The minimum absolute atomic E-state index is 0.0586. The second-order valence-electron chi connectivity index (χ2n) is 5.27. The van der Waals surface area contributed by atoms with E-state index in [2.05, 4.69) is 12.2 Å². The molecule has 0 rings (SSSR count). The van der Waals surface area contributed by atoms with Crippen LogP contribution in [0.3, 0.4) is 0 Å². The third kappa shape index (κ3) is 12.2. The molecule has 0 aliphatic rings. The second kappa shape index (κ2) is 12.4. The molecule has 1 atom stereocenters. The molecule has 3 N–H and O–H groups in total. The van der Waals surface area contributed by atoms with Gasteiger partial charge in [-0.25, -0.2) is 0 Å². The van der Waals surface area contributed by atoms with Crippen LogP contribution < -0.4 is 11.1 Å². The molecule has 0 bridgehead atoms. The highest BCUT2D eigenvalue weighted by Gasteiger charge is 2.08. The van der Waals surface area contributed by atoms with Gasteiger partial charge in [0.05, 0.1) is 11.0 Å². The third-order valence-corrected chi connectivity index (χ3v) is 3.67. The van der Waals surface area contributed by atoms with E-state index >= 15 is 0 Å². The van der Waals surface area contributed by atoms with Gasteiger partial charge in [0.1, 0.15) is 0 Å². The van der Waals surface area contributed by atoms with E-state index in [1.807, 2.05) is 6.92 Å². The summed E-state index contributed by atoms with van der Waals surface area (Å²) >= 11 is 4.81. The number of rotatable bonds is 12. The predicted octanol–water partition coefficient (Wildman–Crippen LogP) is 3.70. The summed E-state index contributed by atoms with van der Waals surface area (Å²) in [6.07, 6.45) is 12.0. The molecule has 0 aromatic carbocycles. The molecule has 0 spiro atoms. The first-order chi connectivity index (χ1) is 9.07. The summed E-state index contributed by atoms with van der Waals surface area (Å²) < 4.78 is 0. The summed E-state index contributed by atoms with van der Waals surface area (Å²) in [6.45, 7) is 4.06. The summed E-state index contributed by atoms with van der Waals surface area (Å²) in [5, 5.41) is 2.80. The Hall–Kier alpha value is -0.640. The van der Waals surface area contributed by atoms with Crippen molar-refractivity contribution in [1.29, 1.82) is 0 Å². The lowest BCUT2D eigenvalue weighted by Gasteiger charge is -2.11. The van der Waals surface area contributed by atoms with Crippen molar-refractivity contribution in [1.82, 2.24) is 5.32 Å². The molecule has 0 aliphatic carbocycles. The van der Waals surface area contributed by atoms with E-state index < -0.39 is 0 Å². The van der Waals surface area contributed by atoms with Gasteiger partial charge in [-0.2, -0.15) is 0 Å². The summed E-state index contributed by atoms with van der Waals surface area (Å²) in [4.78, 5) is 11.9. The summed E-state index contributed by atoms with van der Waals surface area (Å²) in [5.41, 5.74) is 5.45. The van der Waals surface area contributed by atoms with Crippen molar-refractivity contribution in [2.45, 2.75) is 84.1 Å². The molecule has 0 heterocycles. The van der Waals surface area contributed by atoms with Gasteiger partial charge in [-0.15, -0.1) is 0 Å². The first kappa shape index (κ1) is 18.4. The number of unbranched alkanes of at least 4 members (excludes halogenated alkanes) is 8. The van der Waals surface area contributed by atoms with Gasteiger partial charge in [0, 0.05) is 6.42 Å². The third-order valence-electron chi connectivity index (χ3n) is 3.31. The van der Waals surface area contributed by atoms with Gasteiger partial charge in [0.2, 0.25) is 5.91 Å². The monoisotopic (exact) mass is 286 g/mol. The summed E-state index contributed by atoms with van der Waals surface area (Å²) in [6, 6.07) is -0.193. The zero-order valence-electron chi connectivity index (χ0n) is 12.5. The number of carbonyl (C=O) groups is 1. The van der Waals surface area contributed by atoms with Crippen LogP contribution in [0.15, 0.2) is 0 Å². The Morgan fingerprint density at radius 1 is 1.05 bits per heavy atom. The Labute approximate surface area is 123 Å². The fraction of sp³-hybridized carbons (Fsp3) is 0.867. The van der Waals surface area contributed by atoms with Gasteiger partial charge in [-0.05, 0) is 13.3 Å². The highest BCUT2D eigenvalue weighted by atomic mass is 32.1. The number of nitrogens with two attached hydrogens (primary N) is 1. The number of hydrogen-bond acceptors (Lipinski definition) is 2. The van der Waals surface area contributed by atoms with E-state index in [0.717, 1.165) is 12.8 Å². The van der Waals surface area contributed by atoms with Crippen molar-refractivity contribution in [2.75, 3.05) is 0 Å². The molecule has 112 valence electrons. The first-order valence-corrected chi connectivity index (χ1v) is 8.07. The normalized spacial score (nSPS) is 12.1. The minimum atomic E-state index is -0.193. The molecule has 0 aliphatic heterocycles. The van der Waals surface area contributed by atoms with E-state index in [1.54, 1.807) is 0 Å². The van der Waals surface area contributed by atoms with Crippen LogP contribution in [-0.4, -0.2) is 16.9 Å². The molecule has 1 unspecified atom stereocenters. The Morgan fingerprint density at radius 2 is 1.53 bits per heavy atom. The maximum Gasteiger partial charge on any atom is 0.220 e. The molecule has 19 heavy (non-hydrogen) atoms. The lowest BCUT2D eigenvalue weighted by atomic mass is 10.1. The quantitative estimate of drug-likeness (QED) is 0.425. The second-order valence-corrected chi connectivity index (χ2v) is 5.74. The van der Waals surface area contributed by atoms with Crippen molar-refractivity contribution in [3.8, 4) is 0 Å². The largest absolute Gasteiger partial charge is 0.392 e. The van der Waals surface area contributed by atoms with E-state index in [1.165, 1.54) is 44.9 Å². The van der Waals surface area contributed by atoms with Crippen molar-refractivity contribution in [2.24, 2.45) is 5.73 Å². The fourth-order valence-electron chi connectivity index (χ4n) is 1.98. The fourth-order valence-corrected chi connectivity index (χ4v) is 2.04. The van der Waals surface area contributed by atoms with Crippen LogP contribution in [0.2, 0.25) is 0 Å². The zero-order valence-corrected chi connectivity index (χ0v) is 13.4. The lowest BCUT2D eigenvalue weighted by Crippen LogP contribution is -2.41. The molecule has 0 aromatic rings. The number of hydrogen-bond donors (Lipinski definition) is 2. The van der Waals surface area contributed by atoms with Gasteiger partial charge < -0.3 is 11.1 Å². The predicted molar refractivity (Wildman–Crippen MR) is 86.2 cm³/mol. The van der Waals surface area contributed by atoms with Gasteiger partial charge in [0.15, 0.2) is 0 Å². The van der Waals surface area contributed by atoms with Gasteiger partial charge in [0.25, 0.3) is 0 Å². The number of amides is 1. The van der Waals surface area contributed by atoms with E-state index in [4.69, 9.17) is 18.0 Å². The molecule has 0 radical (unpaired) electrons. The average molecular weight is 286 g/mol. The smallest absolute Gasteiger partial charge is 0.220 e. The molecular formula is C15H30N2OS. The number of thiocarbonyl (C=S) groups is 1. The highest BCUT2D eigenvalue weighted by molar-refractivity contribution is 7.80. The summed E-state index contributed by atoms with van der Waals surface area (Å²) in [5.74, 6) is 0.0586. The van der Waals surface area contributed by atoms with Gasteiger partial charge in [-0.1, -0.05) is 70.5 Å². The van der Waals surface area contributed by atoms with E-state index in [9.17, 15) is 4.79 Å². The van der Waals surface area contributed by atoms with Crippen LogP contribution in [0.1, 0.15) is 78.1 Å². The van der Waals surface area contributed by atoms with Crippen molar-refractivity contribution < 1.29 is 4.79 Å². The minimum Gasteiger partial charge on any atom is -0.392 e. The van der Waals surface area contributed by atoms with E-state index in [-0.39, 0.29) is 11.9 Å². The molecule has 3 nitrogen and oxygen atoms in total. The van der Waals surface area contributed by atoms with E-state index in [0.29, 0.717) is 11.4 Å². The van der Waals surface area contributed by atoms with Gasteiger partial charge >= 0.3 is 0 Å². The molecule has 0 saturated carbocycles. The van der Waals surface area contributed by atoms with Crippen LogP contribution in [-0.2, 0) is 4.79 Å². The standard InChI is InChI=1S/C15H30N2OS/c1-3-4-5-6-7-8-9-10-11-12-14(18)17-13(2)15(16)19/h13H,3-12H2,1-2H3,(H2,16,19)(H,17,18). The number of nitrogens with one attached hydrogen (secondary N) is 1. The number of carbonyl (C=O) groups excluding carboxylic acids is 1. The van der Waals surface area contributed by atoms with Crippen LogP contribution in [0.4, 0.5) is 0 Å². The van der Waals surface area contributed by atoms with Crippen LogP contribution in [0, 0.1) is 0 Å². The molecule has 1 amide bonds. The SMILES string of the molecule is CCCCCCCCCCCC(=O)NC(C)C(N)=S. The Morgan fingerprint density at radius 3 is 2.00 bits per heavy atom. The van der Waals surface area contributed by atoms with Gasteiger partial charge in [-0.3, -0.25) is 4.79 Å². The highest BCUT2D eigenvalue weighted by Crippen LogP contribution is 2.10. The van der Waals surface area contributed by atoms with Crippen LogP contribution in [0.5, 0.6) is 0 Å². The zero-order chi connectivity index (χ0) is 14.5. The van der Waals surface area contributed by atoms with Crippen molar-refractivity contribution in [3.05, 3.63) is 0 Å². The Balaban J connectivity index is 3.30. The average Bonchev–Trinajstić information content (AvgIpc) is 2.36. The molecular weight excluding hydrogens is 256 g/mol. The van der Waals surface area contributed by atoms with Crippen LogP contribution in [0.25, 0.3) is 0 Å². The lowest BCUT2D eigenvalue weighted by molar-refractivity contribution is -0.121. The molecule has 4 heteroatoms. The molecule has 0 saturated heterocycles. The maximum atomic E-state index is 11.5. The first-order valence-electron chi connectivity index (χ1n) is 7.66. The Bertz CT molecular complexity index is 257. The van der Waals surface area contributed by atoms with Crippen molar-refractivity contribution >= 4 is 23.1 Å². The molecule has 0 aromatic heterocycles. The summed E-state index contributed by atoms with van der Waals surface area (Å²) in [7, 11) is 0. The topological polar surface area (TPSA) is 55.1 Å². The Kier molecular flexibility index (Phi) is 12.0. The molecule has 0 fully saturated rings. The van der Waals surface area contributed by atoms with Crippen molar-refractivity contribution in [3.63, 3.8) is 0 Å². The van der Waals surface area contributed by atoms with Crippen LogP contribution >= 0.6 is 12.2 Å². The maximum absolute atomic E-state index is 11.5.